The molecule has 0 saturated heterocycles. The number of nitrogens with zero attached hydrogens (tertiary/aromatic N) is 1. The first-order chi connectivity index (χ1) is 6.81. The van der Waals surface area contributed by atoms with Gasteiger partial charge in [-0.1, -0.05) is 0 Å². The Labute approximate surface area is 79.9 Å². The smallest absolute Gasteiger partial charge is 0.264 e. The predicted octanol–water partition coefficient (Wildman–Crippen LogP) is 0.626. The molecule has 0 aliphatic carbocycles. The maximum absolute atomic E-state index is 11.2. The average molecular weight is 190 g/mol. The molecule has 1 aromatic carbocycles. The molecule has 1 aliphatic heterocycles. The molecule has 1 amide bonds. The Morgan fingerprint density at radius 1 is 1.43 bits per heavy atom. The molecule has 0 bridgehead atoms. The lowest BCUT2D eigenvalue weighted by Crippen LogP contribution is -2.16. The van der Waals surface area contributed by atoms with Crippen LogP contribution in [0.15, 0.2) is 18.2 Å². The Morgan fingerprint density at radius 2 is 2.21 bits per heavy atom. The van der Waals surface area contributed by atoms with Crippen molar-refractivity contribution in [3.8, 4) is 17.7 Å². The van der Waals surface area contributed by atoms with Crippen molar-refractivity contribution in [2.75, 3.05) is 6.79 Å². The molecular formula is C9H6N2O3. The van der Waals surface area contributed by atoms with Crippen molar-refractivity contribution in [2.24, 2.45) is 0 Å². The first-order valence-electron chi connectivity index (χ1n) is 3.90. The molecule has 0 radical (unpaired) electrons. The van der Waals surface area contributed by atoms with Gasteiger partial charge in [0.25, 0.3) is 5.91 Å². The van der Waals surface area contributed by atoms with Crippen molar-refractivity contribution >= 4 is 5.91 Å². The SMILES string of the molecule is N#CNC(=O)c1ccc2c(c1)OCO2. The molecule has 0 unspecified atom stereocenters. The molecule has 2 rings (SSSR count). The van der Waals surface area contributed by atoms with E-state index in [0.717, 1.165) is 0 Å². The Balaban J connectivity index is 2.29. The highest BCUT2D eigenvalue weighted by Crippen LogP contribution is 2.32. The zero-order valence-electron chi connectivity index (χ0n) is 7.11. The van der Waals surface area contributed by atoms with Crippen LogP contribution >= 0.6 is 0 Å². The summed E-state index contributed by atoms with van der Waals surface area (Å²) in [5.74, 6) is 0.680. The number of rotatable bonds is 1. The zero-order valence-corrected chi connectivity index (χ0v) is 7.11. The summed E-state index contributed by atoms with van der Waals surface area (Å²) < 4.78 is 10.2. The summed E-state index contributed by atoms with van der Waals surface area (Å²) in [6.45, 7) is 0.165. The first-order valence-corrected chi connectivity index (χ1v) is 3.90. The van der Waals surface area contributed by atoms with Gasteiger partial charge in [0.1, 0.15) is 0 Å². The molecule has 0 spiro atoms. The van der Waals surface area contributed by atoms with E-state index >= 15 is 0 Å². The summed E-state index contributed by atoms with van der Waals surface area (Å²) in [4.78, 5) is 11.2. The number of benzene rings is 1. The van der Waals surface area contributed by atoms with Crippen LogP contribution in [-0.4, -0.2) is 12.7 Å². The number of carbonyl (C=O) groups excluding carboxylic acids is 1. The van der Waals surface area contributed by atoms with Gasteiger partial charge >= 0.3 is 0 Å². The van der Waals surface area contributed by atoms with Crippen molar-refractivity contribution in [2.45, 2.75) is 0 Å². The minimum atomic E-state index is -0.453. The van der Waals surface area contributed by atoms with Crippen LogP contribution in [0, 0.1) is 11.5 Å². The van der Waals surface area contributed by atoms with Crippen LogP contribution in [0.4, 0.5) is 0 Å². The number of hydrogen-bond donors (Lipinski definition) is 1. The second-order valence-electron chi connectivity index (χ2n) is 2.63. The van der Waals surface area contributed by atoms with Crippen LogP contribution < -0.4 is 14.8 Å². The molecular weight excluding hydrogens is 184 g/mol. The molecule has 1 N–H and O–H groups in total. The molecule has 0 aromatic heterocycles. The molecule has 0 saturated carbocycles. The van der Waals surface area contributed by atoms with Gasteiger partial charge < -0.3 is 9.47 Å². The molecule has 5 heteroatoms. The highest BCUT2D eigenvalue weighted by Gasteiger charge is 2.15. The van der Waals surface area contributed by atoms with E-state index in [1.807, 2.05) is 5.32 Å². The van der Waals surface area contributed by atoms with E-state index in [0.29, 0.717) is 17.1 Å². The first kappa shape index (κ1) is 8.38. The third kappa shape index (κ3) is 1.33. The fourth-order valence-electron chi connectivity index (χ4n) is 1.16. The number of hydrogen-bond acceptors (Lipinski definition) is 4. The average Bonchev–Trinajstić information content (AvgIpc) is 2.64. The normalized spacial score (nSPS) is 11.9. The van der Waals surface area contributed by atoms with E-state index in [-0.39, 0.29) is 6.79 Å². The Morgan fingerprint density at radius 3 is 3.00 bits per heavy atom. The van der Waals surface area contributed by atoms with Crippen LogP contribution in [0.1, 0.15) is 10.4 Å². The molecule has 14 heavy (non-hydrogen) atoms. The fourth-order valence-corrected chi connectivity index (χ4v) is 1.16. The molecule has 1 aliphatic rings. The predicted molar refractivity (Wildman–Crippen MR) is 45.6 cm³/mol. The monoisotopic (exact) mass is 190 g/mol. The van der Waals surface area contributed by atoms with Gasteiger partial charge in [0.05, 0.1) is 0 Å². The molecule has 1 aromatic rings. The van der Waals surface area contributed by atoms with E-state index in [2.05, 4.69) is 0 Å². The van der Waals surface area contributed by atoms with E-state index in [1.165, 1.54) is 6.07 Å². The quantitative estimate of drug-likeness (QED) is 0.520. The van der Waals surface area contributed by atoms with Gasteiger partial charge in [0.2, 0.25) is 6.79 Å². The van der Waals surface area contributed by atoms with Gasteiger partial charge in [-0.05, 0) is 18.2 Å². The fraction of sp³-hybridized carbons (Fsp3) is 0.111. The van der Waals surface area contributed by atoms with E-state index in [4.69, 9.17) is 14.7 Å². The van der Waals surface area contributed by atoms with E-state index < -0.39 is 5.91 Å². The van der Waals surface area contributed by atoms with Gasteiger partial charge in [-0.15, -0.1) is 0 Å². The standard InChI is InChI=1S/C9H6N2O3/c10-4-11-9(12)6-1-2-7-8(3-6)14-5-13-7/h1-3H,5H2,(H,11,12). The van der Waals surface area contributed by atoms with Crippen LogP contribution in [0.25, 0.3) is 0 Å². The van der Waals surface area contributed by atoms with Crippen LogP contribution in [0.2, 0.25) is 0 Å². The lowest BCUT2D eigenvalue weighted by Gasteiger charge is -1.99. The number of nitrogens with one attached hydrogen (secondary N) is 1. The third-order valence-corrected chi connectivity index (χ3v) is 1.80. The van der Waals surface area contributed by atoms with Crippen molar-refractivity contribution in [3.63, 3.8) is 0 Å². The van der Waals surface area contributed by atoms with Crippen molar-refractivity contribution in [1.29, 1.82) is 5.26 Å². The lowest BCUT2D eigenvalue weighted by molar-refractivity contribution is 0.0972. The van der Waals surface area contributed by atoms with Crippen molar-refractivity contribution < 1.29 is 14.3 Å². The largest absolute Gasteiger partial charge is 0.454 e. The molecule has 0 fully saturated rings. The second-order valence-corrected chi connectivity index (χ2v) is 2.63. The van der Waals surface area contributed by atoms with E-state index in [1.54, 1.807) is 18.3 Å². The highest BCUT2D eigenvalue weighted by molar-refractivity contribution is 5.95. The molecule has 1 heterocycles. The number of nitriles is 1. The maximum atomic E-state index is 11.2. The minimum absolute atomic E-state index is 0.165. The topological polar surface area (TPSA) is 71.4 Å². The minimum Gasteiger partial charge on any atom is -0.454 e. The zero-order chi connectivity index (χ0) is 9.97. The van der Waals surface area contributed by atoms with Crippen LogP contribution in [0.3, 0.4) is 0 Å². The van der Waals surface area contributed by atoms with Crippen LogP contribution in [-0.2, 0) is 0 Å². The van der Waals surface area contributed by atoms with Gasteiger partial charge in [0.15, 0.2) is 17.7 Å². The van der Waals surface area contributed by atoms with E-state index in [9.17, 15) is 4.79 Å². The van der Waals surface area contributed by atoms with Crippen molar-refractivity contribution in [1.82, 2.24) is 5.32 Å². The Bertz CT molecular complexity index is 423. The summed E-state index contributed by atoms with van der Waals surface area (Å²) in [5, 5.41) is 10.3. The number of carbonyl (C=O) groups is 1. The number of amides is 1. The Kier molecular flexibility index (Phi) is 1.95. The Hall–Kier alpha value is -2.22. The molecule has 5 nitrogen and oxygen atoms in total. The van der Waals surface area contributed by atoms with Gasteiger partial charge in [-0.3, -0.25) is 10.1 Å². The molecule has 70 valence electrons. The summed E-state index contributed by atoms with van der Waals surface area (Å²) >= 11 is 0. The van der Waals surface area contributed by atoms with Crippen molar-refractivity contribution in [3.05, 3.63) is 23.8 Å². The van der Waals surface area contributed by atoms with Gasteiger partial charge in [0, 0.05) is 5.56 Å². The summed E-state index contributed by atoms with van der Waals surface area (Å²) in [6, 6.07) is 4.74. The second kappa shape index (κ2) is 3.26. The molecule has 0 atom stereocenters. The highest BCUT2D eigenvalue weighted by atomic mass is 16.7. The summed E-state index contributed by atoms with van der Waals surface area (Å²) in [6.07, 6.45) is 1.56. The number of ether oxygens (including phenoxy) is 2. The summed E-state index contributed by atoms with van der Waals surface area (Å²) in [7, 11) is 0. The van der Waals surface area contributed by atoms with Crippen LogP contribution in [0.5, 0.6) is 11.5 Å². The van der Waals surface area contributed by atoms with Gasteiger partial charge in [-0.2, -0.15) is 5.26 Å². The summed E-state index contributed by atoms with van der Waals surface area (Å²) in [5.41, 5.74) is 0.371. The maximum Gasteiger partial charge on any atom is 0.264 e. The third-order valence-electron chi connectivity index (χ3n) is 1.80. The van der Waals surface area contributed by atoms with Gasteiger partial charge in [-0.25, -0.2) is 0 Å². The number of fused-ring (bicyclic) bond motifs is 1. The lowest BCUT2D eigenvalue weighted by atomic mass is 10.2.